The van der Waals surface area contributed by atoms with E-state index in [9.17, 15) is 9.59 Å². The lowest BCUT2D eigenvalue weighted by molar-refractivity contribution is -0.158. The Morgan fingerprint density at radius 3 is 2.27 bits per heavy atom. The Morgan fingerprint density at radius 1 is 0.919 bits per heavy atom. The van der Waals surface area contributed by atoms with Crippen LogP contribution in [0, 0.1) is 0 Å². The third kappa shape index (κ3) is 8.39. The Kier molecular flexibility index (Phi) is 11.1. The van der Waals surface area contributed by atoms with Crippen LogP contribution in [-0.4, -0.2) is 55.3 Å². The van der Waals surface area contributed by atoms with Crippen LogP contribution in [0.3, 0.4) is 0 Å². The number of benzene rings is 3. The number of hydrogen-bond donors (Lipinski definition) is 2. The van der Waals surface area contributed by atoms with Gasteiger partial charge in [0.05, 0.1) is 12.6 Å². The molecule has 3 aromatic rings. The zero-order chi connectivity index (χ0) is 26.6. The van der Waals surface area contributed by atoms with Crippen LogP contribution >= 0.6 is 0 Å². The van der Waals surface area contributed by atoms with Crippen molar-refractivity contribution in [2.75, 3.05) is 31.6 Å². The molecular weight excluding hydrogens is 466 g/mol. The molecule has 0 fully saturated rings. The molecule has 7 nitrogen and oxygen atoms in total. The monoisotopic (exact) mass is 505 g/mol. The van der Waals surface area contributed by atoms with Crippen LogP contribution in [-0.2, 0) is 31.9 Å². The van der Waals surface area contributed by atoms with Crippen molar-refractivity contribution in [1.82, 2.24) is 4.90 Å². The number of anilines is 1. The number of aryl methyl sites for hydroxylation is 1. The molecule has 0 aromatic heterocycles. The first-order valence-electron chi connectivity index (χ1n) is 13.0. The molecule has 3 N–H and O–H groups in total. The fourth-order valence-corrected chi connectivity index (χ4v) is 4.29. The molecule has 0 saturated carbocycles. The predicted octanol–water partition coefficient (Wildman–Crippen LogP) is 4.53. The van der Waals surface area contributed by atoms with Crippen molar-refractivity contribution in [3.8, 4) is 0 Å². The van der Waals surface area contributed by atoms with Gasteiger partial charge in [0.2, 0.25) is 11.8 Å². The normalized spacial score (nSPS) is 12.0. The highest BCUT2D eigenvalue weighted by molar-refractivity contribution is 5.99. The number of hydrogen-bond acceptors (Lipinski definition) is 5. The summed E-state index contributed by atoms with van der Waals surface area (Å²) in [6.07, 6.45) is 1.02. The van der Waals surface area contributed by atoms with Crippen molar-refractivity contribution in [3.63, 3.8) is 0 Å². The quantitative estimate of drug-likeness (QED) is 0.314. The minimum Gasteiger partial charge on any atom is -0.351 e. The molecule has 1 atom stereocenters. The Balaban J connectivity index is 1.81. The van der Waals surface area contributed by atoms with E-state index in [1.807, 2.05) is 73.3 Å². The van der Waals surface area contributed by atoms with Crippen molar-refractivity contribution in [2.24, 2.45) is 5.73 Å². The molecule has 0 radical (unpaired) electrons. The van der Waals surface area contributed by atoms with Gasteiger partial charge < -0.3 is 25.4 Å². The highest BCUT2D eigenvalue weighted by Gasteiger charge is 2.21. The summed E-state index contributed by atoms with van der Waals surface area (Å²) in [5.74, 6) is -0.249. The van der Waals surface area contributed by atoms with E-state index in [2.05, 4.69) is 17.4 Å². The fourth-order valence-electron chi connectivity index (χ4n) is 4.29. The number of nitrogens with two attached hydrogens (primary N) is 1. The molecule has 0 saturated heterocycles. The second-order valence-corrected chi connectivity index (χ2v) is 9.01. The smallest absolute Gasteiger partial charge is 0.241 e. The molecule has 0 aliphatic rings. The largest absolute Gasteiger partial charge is 0.351 e. The van der Waals surface area contributed by atoms with Crippen LogP contribution in [0.1, 0.15) is 38.3 Å². The summed E-state index contributed by atoms with van der Waals surface area (Å²) < 4.78 is 11.5. The Hall–Kier alpha value is -3.26. The summed E-state index contributed by atoms with van der Waals surface area (Å²) in [6, 6.07) is 21.3. The highest BCUT2D eigenvalue weighted by atomic mass is 16.7. The van der Waals surface area contributed by atoms with Crippen molar-refractivity contribution < 1.29 is 19.1 Å². The van der Waals surface area contributed by atoms with Crippen molar-refractivity contribution in [3.05, 3.63) is 77.9 Å². The number of carbonyl (C=O) groups excluding carboxylic acids is 2. The molecule has 0 bridgehead atoms. The van der Waals surface area contributed by atoms with Gasteiger partial charge in [-0.05, 0) is 61.6 Å². The van der Waals surface area contributed by atoms with E-state index in [-0.39, 0.29) is 18.2 Å². The van der Waals surface area contributed by atoms with Crippen LogP contribution in [0.15, 0.2) is 66.7 Å². The fraction of sp³-hybridized carbons (Fsp3) is 0.400. The number of carbonyl (C=O) groups is 2. The van der Waals surface area contributed by atoms with E-state index in [4.69, 9.17) is 15.2 Å². The Bertz CT molecular complexity index is 1140. The number of fused-ring (bicyclic) bond motifs is 1. The van der Waals surface area contributed by atoms with E-state index in [1.54, 1.807) is 6.92 Å². The summed E-state index contributed by atoms with van der Waals surface area (Å²) in [5.41, 5.74) is 8.57. The predicted molar refractivity (Wildman–Crippen MR) is 148 cm³/mol. The number of nitrogens with zero attached hydrogens (tertiary/aromatic N) is 1. The first kappa shape index (κ1) is 28.3. The molecule has 37 heavy (non-hydrogen) atoms. The van der Waals surface area contributed by atoms with Crippen LogP contribution in [0.5, 0.6) is 0 Å². The second kappa shape index (κ2) is 14.5. The lowest BCUT2D eigenvalue weighted by Gasteiger charge is -2.28. The molecule has 2 amide bonds. The highest BCUT2D eigenvalue weighted by Crippen LogP contribution is 2.28. The van der Waals surface area contributed by atoms with Gasteiger partial charge in [-0.1, -0.05) is 60.7 Å². The maximum absolute atomic E-state index is 13.6. The van der Waals surface area contributed by atoms with Crippen LogP contribution in [0.25, 0.3) is 10.8 Å². The Morgan fingerprint density at radius 2 is 1.59 bits per heavy atom. The SMILES string of the molecule is CCOC(CN(CCc1ccccc1)C(=O)CCc1c(NC(=O)C(C)N)ccc2ccccc12)OCC. The zero-order valence-electron chi connectivity index (χ0n) is 22.1. The number of nitrogens with one attached hydrogen (secondary N) is 1. The average Bonchev–Trinajstić information content (AvgIpc) is 2.90. The van der Waals surface area contributed by atoms with Gasteiger partial charge in [0.1, 0.15) is 0 Å². The maximum atomic E-state index is 13.6. The lowest BCUT2D eigenvalue weighted by atomic mass is 9.98. The molecule has 7 heteroatoms. The lowest BCUT2D eigenvalue weighted by Crippen LogP contribution is -2.41. The Labute approximate surface area is 219 Å². The number of ether oxygens (including phenoxy) is 2. The minimum atomic E-state index is -0.636. The number of amides is 2. The van der Waals surface area contributed by atoms with E-state index < -0.39 is 12.3 Å². The van der Waals surface area contributed by atoms with E-state index in [0.717, 1.165) is 22.8 Å². The molecule has 0 heterocycles. The van der Waals surface area contributed by atoms with Crippen LogP contribution < -0.4 is 11.1 Å². The summed E-state index contributed by atoms with van der Waals surface area (Å²) in [5, 5.41) is 5.00. The summed E-state index contributed by atoms with van der Waals surface area (Å²) >= 11 is 0. The maximum Gasteiger partial charge on any atom is 0.241 e. The van der Waals surface area contributed by atoms with Gasteiger partial charge in [0.15, 0.2) is 6.29 Å². The second-order valence-electron chi connectivity index (χ2n) is 9.01. The average molecular weight is 506 g/mol. The molecule has 198 valence electrons. The topological polar surface area (TPSA) is 93.9 Å². The van der Waals surface area contributed by atoms with Crippen LogP contribution in [0.4, 0.5) is 5.69 Å². The number of rotatable bonds is 14. The van der Waals surface area contributed by atoms with Gasteiger partial charge in [-0.15, -0.1) is 0 Å². The van der Waals surface area contributed by atoms with Gasteiger partial charge in [-0.25, -0.2) is 0 Å². The molecule has 3 rings (SSSR count). The van der Waals surface area contributed by atoms with E-state index in [1.165, 1.54) is 5.56 Å². The van der Waals surface area contributed by atoms with Gasteiger partial charge in [0, 0.05) is 31.9 Å². The first-order chi connectivity index (χ1) is 17.9. The van der Waals surface area contributed by atoms with Crippen LogP contribution in [0.2, 0.25) is 0 Å². The first-order valence-corrected chi connectivity index (χ1v) is 13.0. The third-order valence-corrected chi connectivity index (χ3v) is 6.24. The molecule has 0 aliphatic carbocycles. The standard InChI is InChI=1S/C30H39N3O4/c1-4-36-29(37-5-2)21-33(20-19-23-11-7-6-8-12-23)28(34)18-16-26-25-14-10-9-13-24(25)15-17-27(26)32-30(35)22(3)31/h6-15,17,22,29H,4-5,16,18-21,31H2,1-3H3,(H,32,35). The molecular formula is C30H39N3O4. The van der Waals surface area contributed by atoms with Gasteiger partial charge in [-0.2, -0.15) is 0 Å². The van der Waals surface area contributed by atoms with Crippen molar-refractivity contribution in [2.45, 2.75) is 52.4 Å². The molecule has 3 aromatic carbocycles. The summed E-state index contributed by atoms with van der Waals surface area (Å²) in [4.78, 5) is 27.8. The minimum absolute atomic E-state index is 0.0118. The zero-order valence-corrected chi connectivity index (χ0v) is 22.1. The molecule has 0 aliphatic heterocycles. The third-order valence-electron chi connectivity index (χ3n) is 6.24. The van der Waals surface area contributed by atoms with E-state index in [0.29, 0.717) is 38.4 Å². The van der Waals surface area contributed by atoms with Gasteiger partial charge >= 0.3 is 0 Å². The van der Waals surface area contributed by atoms with Gasteiger partial charge in [-0.3, -0.25) is 9.59 Å². The molecule has 0 spiro atoms. The summed E-state index contributed by atoms with van der Waals surface area (Å²) in [7, 11) is 0. The molecule has 1 unspecified atom stereocenters. The summed E-state index contributed by atoms with van der Waals surface area (Å²) in [6.45, 7) is 7.41. The van der Waals surface area contributed by atoms with Gasteiger partial charge in [0.25, 0.3) is 0 Å². The van der Waals surface area contributed by atoms with Crippen molar-refractivity contribution >= 4 is 28.3 Å². The van der Waals surface area contributed by atoms with Crippen molar-refractivity contribution in [1.29, 1.82) is 0 Å². The van der Waals surface area contributed by atoms with E-state index >= 15 is 0 Å².